The van der Waals surface area contributed by atoms with Gasteiger partial charge in [-0.2, -0.15) is 13.2 Å². The summed E-state index contributed by atoms with van der Waals surface area (Å²) in [5.41, 5.74) is 6.11. The molecule has 0 fully saturated rings. The van der Waals surface area contributed by atoms with Crippen molar-refractivity contribution in [1.29, 1.82) is 0 Å². The summed E-state index contributed by atoms with van der Waals surface area (Å²) in [4.78, 5) is 0. The molecule has 0 saturated carbocycles. The van der Waals surface area contributed by atoms with Gasteiger partial charge in [-0.15, -0.1) is 0 Å². The molecule has 0 spiro atoms. The molecular formula is C14H10BrF3IN. The summed E-state index contributed by atoms with van der Waals surface area (Å²) in [5.74, 6) is 0. The van der Waals surface area contributed by atoms with Gasteiger partial charge < -0.3 is 5.73 Å². The van der Waals surface area contributed by atoms with Crippen molar-refractivity contribution in [1.82, 2.24) is 0 Å². The number of halogens is 5. The van der Waals surface area contributed by atoms with Crippen molar-refractivity contribution in [2.75, 3.05) is 0 Å². The minimum atomic E-state index is -4.41. The maximum atomic E-state index is 13.0. The van der Waals surface area contributed by atoms with Crippen molar-refractivity contribution in [3.63, 3.8) is 0 Å². The SMILES string of the molecule is NC(c1cc(Br)ccc1I)c1ccccc1C(F)(F)F. The average Bonchev–Trinajstić information content (AvgIpc) is 2.40. The fraction of sp³-hybridized carbons (Fsp3) is 0.143. The Morgan fingerprint density at radius 3 is 2.35 bits per heavy atom. The lowest BCUT2D eigenvalue weighted by molar-refractivity contribution is -0.138. The van der Waals surface area contributed by atoms with Gasteiger partial charge in [0.25, 0.3) is 0 Å². The molecule has 2 aromatic rings. The molecule has 2 rings (SSSR count). The smallest absolute Gasteiger partial charge is 0.320 e. The van der Waals surface area contributed by atoms with Crippen molar-refractivity contribution in [3.05, 3.63) is 67.2 Å². The van der Waals surface area contributed by atoms with Crippen molar-refractivity contribution >= 4 is 38.5 Å². The van der Waals surface area contributed by atoms with E-state index in [0.717, 1.165) is 14.1 Å². The first-order valence-corrected chi connectivity index (χ1v) is 7.54. The third kappa shape index (κ3) is 3.35. The maximum absolute atomic E-state index is 13.0. The van der Waals surface area contributed by atoms with Gasteiger partial charge in [-0.05, 0) is 58.0 Å². The number of nitrogens with two attached hydrogens (primary N) is 1. The molecular weight excluding hydrogens is 446 g/mol. The predicted octanol–water partition coefficient (Wildman–Crippen LogP) is 5.12. The van der Waals surface area contributed by atoms with E-state index in [1.807, 2.05) is 12.1 Å². The van der Waals surface area contributed by atoms with Crippen LogP contribution in [0.2, 0.25) is 0 Å². The van der Waals surface area contributed by atoms with Crippen molar-refractivity contribution in [3.8, 4) is 0 Å². The first-order valence-electron chi connectivity index (χ1n) is 5.67. The zero-order valence-electron chi connectivity index (χ0n) is 10.1. The number of hydrogen-bond donors (Lipinski definition) is 1. The Morgan fingerprint density at radius 2 is 1.70 bits per heavy atom. The molecule has 0 aliphatic heterocycles. The zero-order chi connectivity index (χ0) is 14.9. The molecule has 106 valence electrons. The summed E-state index contributed by atoms with van der Waals surface area (Å²) in [6.07, 6.45) is -4.41. The van der Waals surface area contributed by atoms with E-state index in [4.69, 9.17) is 5.73 Å². The van der Waals surface area contributed by atoms with Crippen LogP contribution in [0.1, 0.15) is 22.7 Å². The van der Waals surface area contributed by atoms with Gasteiger partial charge in [0.15, 0.2) is 0 Å². The number of benzene rings is 2. The normalized spacial score (nSPS) is 13.3. The van der Waals surface area contributed by atoms with Gasteiger partial charge in [-0.1, -0.05) is 34.1 Å². The summed E-state index contributed by atoms with van der Waals surface area (Å²) >= 11 is 5.38. The molecule has 0 aliphatic carbocycles. The van der Waals surface area contributed by atoms with Crippen LogP contribution in [-0.4, -0.2) is 0 Å². The highest BCUT2D eigenvalue weighted by atomic mass is 127. The van der Waals surface area contributed by atoms with E-state index in [-0.39, 0.29) is 5.56 Å². The van der Waals surface area contributed by atoms with Gasteiger partial charge in [-0.3, -0.25) is 0 Å². The third-order valence-corrected chi connectivity index (χ3v) is 4.37. The topological polar surface area (TPSA) is 26.0 Å². The Hall–Kier alpha value is -0.600. The van der Waals surface area contributed by atoms with Crippen LogP contribution in [0.3, 0.4) is 0 Å². The molecule has 1 nitrogen and oxygen atoms in total. The Balaban J connectivity index is 2.54. The zero-order valence-corrected chi connectivity index (χ0v) is 13.8. The van der Waals surface area contributed by atoms with Crippen LogP contribution in [0.5, 0.6) is 0 Å². The highest BCUT2D eigenvalue weighted by Crippen LogP contribution is 2.36. The van der Waals surface area contributed by atoms with Crippen molar-refractivity contribution < 1.29 is 13.2 Å². The fourth-order valence-electron chi connectivity index (χ4n) is 1.95. The van der Waals surface area contributed by atoms with Crippen molar-refractivity contribution in [2.24, 2.45) is 5.73 Å². The fourth-order valence-corrected chi connectivity index (χ4v) is 3.00. The summed E-state index contributed by atoms with van der Waals surface area (Å²) in [6.45, 7) is 0. The van der Waals surface area contributed by atoms with Crippen LogP contribution in [-0.2, 0) is 6.18 Å². The minimum Gasteiger partial charge on any atom is -0.320 e. The molecule has 1 atom stereocenters. The Morgan fingerprint density at radius 1 is 1.05 bits per heavy atom. The molecule has 6 heteroatoms. The third-order valence-electron chi connectivity index (χ3n) is 2.89. The van der Waals surface area contributed by atoms with Crippen molar-refractivity contribution in [2.45, 2.75) is 12.2 Å². The van der Waals surface area contributed by atoms with Crippen LogP contribution in [0.25, 0.3) is 0 Å². The quantitative estimate of drug-likeness (QED) is 0.625. The molecule has 2 aromatic carbocycles. The van der Waals surface area contributed by atoms with E-state index in [9.17, 15) is 13.2 Å². The standard InChI is InChI=1S/C14H10BrF3IN/c15-8-5-6-12(19)10(7-8)13(20)9-3-1-2-4-11(9)14(16,17)18/h1-7,13H,20H2. The average molecular weight is 456 g/mol. The lowest BCUT2D eigenvalue weighted by atomic mass is 9.95. The number of rotatable bonds is 2. The van der Waals surface area contributed by atoms with E-state index < -0.39 is 17.8 Å². The molecule has 2 N–H and O–H groups in total. The second-order valence-electron chi connectivity index (χ2n) is 4.23. The van der Waals surface area contributed by atoms with Gasteiger partial charge in [-0.25, -0.2) is 0 Å². The second kappa shape index (κ2) is 6.03. The summed E-state index contributed by atoms with van der Waals surface area (Å²) in [5, 5.41) is 0. The minimum absolute atomic E-state index is 0.0796. The molecule has 0 aromatic heterocycles. The lowest BCUT2D eigenvalue weighted by Gasteiger charge is -2.19. The Kier molecular flexibility index (Phi) is 4.76. The summed E-state index contributed by atoms with van der Waals surface area (Å²) in [7, 11) is 0. The van der Waals surface area contributed by atoms with E-state index in [0.29, 0.717) is 5.56 Å². The number of hydrogen-bond acceptors (Lipinski definition) is 1. The van der Waals surface area contributed by atoms with Crippen LogP contribution in [0, 0.1) is 3.57 Å². The van der Waals surface area contributed by atoms with Gasteiger partial charge in [0.1, 0.15) is 0 Å². The molecule has 0 saturated heterocycles. The van der Waals surface area contributed by atoms with Gasteiger partial charge >= 0.3 is 6.18 Å². The van der Waals surface area contributed by atoms with Crippen LogP contribution >= 0.6 is 38.5 Å². The highest BCUT2D eigenvalue weighted by molar-refractivity contribution is 14.1. The monoisotopic (exact) mass is 455 g/mol. The number of alkyl halides is 3. The van der Waals surface area contributed by atoms with Gasteiger partial charge in [0.2, 0.25) is 0 Å². The highest BCUT2D eigenvalue weighted by Gasteiger charge is 2.34. The predicted molar refractivity (Wildman–Crippen MR) is 84.3 cm³/mol. The molecule has 0 amide bonds. The molecule has 0 aliphatic rings. The molecule has 1 unspecified atom stereocenters. The first kappa shape index (κ1) is 15.8. The van der Waals surface area contributed by atoms with Gasteiger partial charge in [0, 0.05) is 8.04 Å². The van der Waals surface area contributed by atoms with Gasteiger partial charge in [0.05, 0.1) is 11.6 Å². The van der Waals surface area contributed by atoms with E-state index in [2.05, 4.69) is 38.5 Å². The first-order chi connectivity index (χ1) is 9.30. The maximum Gasteiger partial charge on any atom is 0.416 e. The van der Waals surface area contributed by atoms with Crippen LogP contribution in [0.15, 0.2) is 46.9 Å². The Labute approximate surface area is 136 Å². The van der Waals surface area contributed by atoms with E-state index in [1.54, 1.807) is 12.1 Å². The second-order valence-corrected chi connectivity index (χ2v) is 6.31. The Bertz CT molecular complexity index is 628. The summed E-state index contributed by atoms with van der Waals surface area (Å²) in [6, 6.07) is 9.98. The van der Waals surface area contributed by atoms with Crippen LogP contribution in [0.4, 0.5) is 13.2 Å². The summed E-state index contributed by atoms with van der Waals surface area (Å²) < 4.78 is 40.7. The largest absolute Gasteiger partial charge is 0.416 e. The molecule has 0 radical (unpaired) electrons. The van der Waals surface area contributed by atoms with E-state index >= 15 is 0 Å². The van der Waals surface area contributed by atoms with E-state index in [1.165, 1.54) is 12.1 Å². The lowest BCUT2D eigenvalue weighted by Crippen LogP contribution is -2.19. The molecule has 0 heterocycles. The van der Waals surface area contributed by atoms with Crippen LogP contribution < -0.4 is 5.73 Å². The molecule has 20 heavy (non-hydrogen) atoms. The molecule has 0 bridgehead atoms.